The predicted molar refractivity (Wildman–Crippen MR) is 150 cm³/mol. The Labute approximate surface area is 224 Å². The first-order chi connectivity index (χ1) is 17.3. The molecule has 0 spiro atoms. The van der Waals surface area contributed by atoms with Gasteiger partial charge in [0.05, 0.1) is 26.4 Å². The van der Waals surface area contributed by atoms with Gasteiger partial charge < -0.3 is 24.4 Å². The minimum Gasteiger partial charge on any atom is -0.507 e. The maximum absolute atomic E-state index is 11.3. The summed E-state index contributed by atoms with van der Waals surface area (Å²) in [6.45, 7) is 22.3. The van der Waals surface area contributed by atoms with Crippen molar-refractivity contribution in [3.05, 3.63) is 57.6 Å². The Bertz CT molecular complexity index is 971. The van der Waals surface area contributed by atoms with Gasteiger partial charge in [-0.3, -0.25) is 0 Å². The lowest BCUT2D eigenvalue weighted by molar-refractivity contribution is 0.102. The molecule has 5 heteroatoms. The monoisotopic (exact) mass is 512 g/mol. The molecule has 4 rings (SSSR count). The van der Waals surface area contributed by atoms with Gasteiger partial charge in [-0.25, -0.2) is 0 Å². The Balaban J connectivity index is 0.000000349. The third kappa shape index (κ3) is 7.72. The highest BCUT2D eigenvalue weighted by atomic mass is 16.6. The number of epoxide rings is 2. The van der Waals surface area contributed by atoms with E-state index in [-0.39, 0.29) is 16.7 Å². The summed E-state index contributed by atoms with van der Waals surface area (Å²) in [5.41, 5.74) is 5.68. The Morgan fingerprint density at radius 1 is 0.784 bits per heavy atom. The van der Waals surface area contributed by atoms with Crippen LogP contribution in [0.5, 0.6) is 11.5 Å². The molecule has 2 aliphatic rings. The van der Waals surface area contributed by atoms with Gasteiger partial charge in [-0.05, 0) is 53.4 Å². The van der Waals surface area contributed by atoms with Crippen LogP contribution in [0.3, 0.4) is 0 Å². The zero-order valence-electron chi connectivity index (χ0n) is 24.4. The van der Waals surface area contributed by atoms with E-state index >= 15 is 0 Å². The minimum atomic E-state index is -0.145. The molecule has 206 valence electrons. The topological polar surface area (TPSA) is 74.8 Å². The fourth-order valence-electron chi connectivity index (χ4n) is 4.89. The molecule has 5 nitrogen and oxygen atoms in total. The third-order valence-electron chi connectivity index (χ3n) is 7.17. The van der Waals surface area contributed by atoms with E-state index in [4.69, 9.17) is 14.2 Å². The summed E-state index contributed by atoms with van der Waals surface area (Å²) in [5, 5.41) is 22.6. The SMILES string of the molecule is C(OCC1CO1)C1CO1.CCCC(c1c(C)ccc(C(C)(C)C)c1O)c1c(C)ccc(C(C)(C)C)c1O. The van der Waals surface area contributed by atoms with Gasteiger partial charge in [-0.1, -0.05) is 79.2 Å². The van der Waals surface area contributed by atoms with E-state index in [0.29, 0.717) is 23.7 Å². The Morgan fingerprint density at radius 3 is 1.46 bits per heavy atom. The molecule has 2 aliphatic heterocycles. The zero-order chi connectivity index (χ0) is 27.5. The quantitative estimate of drug-likeness (QED) is 0.371. The lowest BCUT2D eigenvalue weighted by Gasteiger charge is -2.30. The van der Waals surface area contributed by atoms with Gasteiger partial charge in [0, 0.05) is 17.0 Å². The number of phenolic OH excluding ortho intramolecular Hbond substituents is 2. The summed E-state index contributed by atoms with van der Waals surface area (Å²) >= 11 is 0. The fraction of sp³-hybridized carbons (Fsp3) is 0.625. The van der Waals surface area contributed by atoms with E-state index in [2.05, 4.69) is 74.4 Å². The van der Waals surface area contributed by atoms with Crippen LogP contribution in [0, 0.1) is 13.8 Å². The molecule has 2 fully saturated rings. The van der Waals surface area contributed by atoms with Crippen LogP contribution >= 0.6 is 0 Å². The summed E-state index contributed by atoms with van der Waals surface area (Å²) < 4.78 is 15.1. The first-order valence-electron chi connectivity index (χ1n) is 13.7. The molecular weight excluding hydrogens is 464 g/mol. The molecule has 37 heavy (non-hydrogen) atoms. The molecule has 0 aromatic heterocycles. The summed E-state index contributed by atoms with van der Waals surface area (Å²) in [5.74, 6) is 0.728. The van der Waals surface area contributed by atoms with Crippen molar-refractivity contribution in [1.82, 2.24) is 0 Å². The summed E-state index contributed by atoms with van der Waals surface area (Å²) in [4.78, 5) is 0. The highest BCUT2D eigenvalue weighted by molar-refractivity contribution is 5.58. The zero-order valence-corrected chi connectivity index (χ0v) is 24.4. The van der Waals surface area contributed by atoms with Crippen LogP contribution in [0.4, 0.5) is 0 Å². The largest absolute Gasteiger partial charge is 0.507 e. The number of aryl methyl sites for hydroxylation is 2. The van der Waals surface area contributed by atoms with Crippen LogP contribution in [0.25, 0.3) is 0 Å². The van der Waals surface area contributed by atoms with Gasteiger partial charge in [0.15, 0.2) is 0 Å². The van der Waals surface area contributed by atoms with Crippen LogP contribution < -0.4 is 0 Å². The second-order valence-corrected chi connectivity index (χ2v) is 12.7. The maximum atomic E-state index is 11.3. The molecule has 2 unspecified atom stereocenters. The van der Waals surface area contributed by atoms with Crippen LogP contribution in [0.15, 0.2) is 24.3 Å². The second-order valence-electron chi connectivity index (χ2n) is 12.7. The number of rotatable bonds is 8. The average Bonchev–Trinajstić information content (AvgIpc) is 3.68. The molecule has 2 aromatic carbocycles. The van der Waals surface area contributed by atoms with Crippen molar-refractivity contribution < 1.29 is 24.4 Å². The smallest absolute Gasteiger partial charge is 0.123 e. The van der Waals surface area contributed by atoms with Gasteiger partial charge in [0.2, 0.25) is 0 Å². The summed E-state index contributed by atoms with van der Waals surface area (Å²) in [7, 11) is 0. The number of hydrogen-bond acceptors (Lipinski definition) is 5. The second kappa shape index (κ2) is 11.8. The normalized spacial score (nSPS) is 19.0. The Kier molecular flexibility index (Phi) is 9.36. The molecule has 2 N–H and O–H groups in total. The van der Waals surface area contributed by atoms with E-state index in [0.717, 1.165) is 72.6 Å². The van der Waals surface area contributed by atoms with Crippen LogP contribution in [0.2, 0.25) is 0 Å². The maximum Gasteiger partial charge on any atom is 0.123 e. The van der Waals surface area contributed by atoms with Crippen molar-refractivity contribution in [3.63, 3.8) is 0 Å². The number of ether oxygens (including phenoxy) is 3. The standard InChI is InChI=1S/C26H38O2.C6H10O3/c1-10-11-18(21-16(2)12-14-19(23(21)27)25(4,5)6)22-17(3)13-15-20(24(22)28)26(7,8)9;1(5-3-8-5)7-2-6-4-9-6/h12-15,18,27-28H,10-11H2,1-9H3;5-6H,1-4H2. The first-order valence-corrected chi connectivity index (χ1v) is 13.7. The number of hydrogen-bond donors (Lipinski definition) is 2. The van der Waals surface area contributed by atoms with E-state index in [1.165, 1.54) is 0 Å². The van der Waals surface area contributed by atoms with Crippen molar-refractivity contribution in [2.75, 3.05) is 26.4 Å². The van der Waals surface area contributed by atoms with Gasteiger partial charge in [0.1, 0.15) is 23.7 Å². The van der Waals surface area contributed by atoms with Crippen LogP contribution in [-0.4, -0.2) is 48.8 Å². The minimum absolute atomic E-state index is 0.0328. The molecule has 2 atom stereocenters. The molecular formula is C32H48O5. The van der Waals surface area contributed by atoms with Crippen molar-refractivity contribution in [1.29, 1.82) is 0 Å². The highest BCUT2D eigenvalue weighted by Gasteiger charge is 2.30. The lowest BCUT2D eigenvalue weighted by Crippen LogP contribution is -2.16. The van der Waals surface area contributed by atoms with E-state index in [1.807, 2.05) is 12.1 Å². The lowest BCUT2D eigenvalue weighted by atomic mass is 9.76. The molecule has 2 aromatic rings. The fourth-order valence-corrected chi connectivity index (χ4v) is 4.89. The molecule has 0 aliphatic carbocycles. The molecule has 0 radical (unpaired) electrons. The number of phenols is 2. The Morgan fingerprint density at radius 2 is 1.16 bits per heavy atom. The van der Waals surface area contributed by atoms with Crippen molar-refractivity contribution in [2.24, 2.45) is 0 Å². The molecule has 0 saturated carbocycles. The van der Waals surface area contributed by atoms with Crippen molar-refractivity contribution in [3.8, 4) is 11.5 Å². The van der Waals surface area contributed by atoms with Gasteiger partial charge in [0.25, 0.3) is 0 Å². The average molecular weight is 513 g/mol. The van der Waals surface area contributed by atoms with Crippen LogP contribution in [-0.2, 0) is 25.0 Å². The van der Waals surface area contributed by atoms with E-state index in [1.54, 1.807) is 0 Å². The molecule has 2 saturated heterocycles. The summed E-state index contributed by atoms with van der Waals surface area (Å²) in [6.07, 6.45) is 2.64. The van der Waals surface area contributed by atoms with Gasteiger partial charge in [-0.15, -0.1) is 0 Å². The predicted octanol–water partition coefficient (Wildman–Crippen LogP) is 7.04. The van der Waals surface area contributed by atoms with Crippen molar-refractivity contribution in [2.45, 2.75) is 104 Å². The summed E-state index contributed by atoms with van der Waals surface area (Å²) in [6, 6.07) is 8.29. The van der Waals surface area contributed by atoms with E-state index in [9.17, 15) is 10.2 Å². The van der Waals surface area contributed by atoms with Gasteiger partial charge >= 0.3 is 0 Å². The highest BCUT2D eigenvalue weighted by Crippen LogP contribution is 2.47. The van der Waals surface area contributed by atoms with Crippen LogP contribution in [0.1, 0.15) is 101 Å². The number of benzene rings is 2. The molecule has 0 amide bonds. The molecule has 2 heterocycles. The molecule has 0 bridgehead atoms. The van der Waals surface area contributed by atoms with Gasteiger partial charge in [-0.2, -0.15) is 0 Å². The van der Waals surface area contributed by atoms with Crippen molar-refractivity contribution >= 4 is 0 Å². The Hall–Kier alpha value is -2.08. The third-order valence-corrected chi connectivity index (χ3v) is 7.17. The van der Waals surface area contributed by atoms with E-state index < -0.39 is 0 Å². The number of aromatic hydroxyl groups is 2. The first kappa shape index (κ1) is 29.5.